The molecule has 9 heteroatoms. The lowest BCUT2D eigenvalue weighted by atomic mass is 10.1. The first kappa shape index (κ1) is 20.6. The number of phenols is 1. The summed E-state index contributed by atoms with van der Waals surface area (Å²) >= 11 is 1.26. The topological polar surface area (TPSA) is 73.3 Å². The van der Waals surface area contributed by atoms with Gasteiger partial charge in [-0.2, -0.15) is 4.31 Å². The Kier molecular flexibility index (Phi) is 6.12. The molecule has 0 unspecified atom stereocenters. The van der Waals surface area contributed by atoms with Gasteiger partial charge in [-0.3, -0.25) is 4.90 Å². The molecule has 0 spiro atoms. The molecule has 0 bridgehead atoms. The molecule has 4 rings (SSSR count). The number of piperazine rings is 1. The van der Waals surface area contributed by atoms with Gasteiger partial charge in [0.15, 0.2) is 0 Å². The van der Waals surface area contributed by atoms with E-state index in [1.165, 1.54) is 11.3 Å². The second-order valence-corrected chi connectivity index (χ2v) is 10.7. The van der Waals surface area contributed by atoms with Crippen LogP contribution in [0.5, 0.6) is 5.75 Å². The summed E-state index contributed by atoms with van der Waals surface area (Å²) < 4.78 is 33.8. The minimum absolute atomic E-state index is 0.0216. The zero-order valence-electron chi connectivity index (χ0n) is 16.5. The van der Waals surface area contributed by atoms with Crippen molar-refractivity contribution in [1.29, 1.82) is 0 Å². The van der Waals surface area contributed by atoms with Gasteiger partial charge >= 0.3 is 0 Å². The van der Waals surface area contributed by atoms with Crippen LogP contribution < -0.4 is 4.90 Å². The van der Waals surface area contributed by atoms with Crippen LogP contribution in [0.4, 0.5) is 5.69 Å². The minimum atomic E-state index is -3.47. The summed E-state index contributed by atoms with van der Waals surface area (Å²) in [6.45, 7) is 6.72. The highest BCUT2D eigenvalue weighted by Gasteiger charge is 2.36. The van der Waals surface area contributed by atoms with Gasteiger partial charge in [-0.15, -0.1) is 11.3 Å². The summed E-state index contributed by atoms with van der Waals surface area (Å²) in [5, 5.41) is 11.4. The van der Waals surface area contributed by atoms with Crippen molar-refractivity contribution in [3.8, 4) is 5.75 Å². The van der Waals surface area contributed by atoms with Crippen molar-refractivity contribution in [2.75, 3.05) is 50.8 Å². The maximum absolute atomic E-state index is 13.1. The third kappa shape index (κ3) is 4.59. The normalized spacial score (nSPS) is 24.7. The SMILES string of the molecule is C[C@@H]1CN(C[C@@H]2CN(S(=O)(=O)c3cccs3)CCN2c2ccc(O)cc2)CCO1. The van der Waals surface area contributed by atoms with E-state index in [2.05, 4.69) is 16.7 Å². The maximum atomic E-state index is 13.1. The highest BCUT2D eigenvalue weighted by molar-refractivity contribution is 7.91. The molecule has 29 heavy (non-hydrogen) atoms. The van der Waals surface area contributed by atoms with Crippen molar-refractivity contribution in [3.63, 3.8) is 0 Å². The van der Waals surface area contributed by atoms with Crippen molar-refractivity contribution in [2.45, 2.75) is 23.3 Å². The average Bonchev–Trinajstić information content (AvgIpc) is 3.24. The zero-order valence-corrected chi connectivity index (χ0v) is 18.1. The third-order valence-electron chi connectivity index (χ3n) is 5.51. The smallest absolute Gasteiger partial charge is 0.252 e. The molecule has 0 radical (unpaired) electrons. The number of aromatic hydroxyl groups is 1. The highest BCUT2D eigenvalue weighted by atomic mass is 32.2. The number of hydrogen-bond acceptors (Lipinski definition) is 7. The molecule has 0 saturated carbocycles. The number of morpholine rings is 1. The molecule has 0 aliphatic carbocycles. The van der Waals surface area contributed by atoms with E-state index in [1.54, 1.807) is 34.0 Å². The van der Waals surface area contributed by atoms with Gasteiger partial charge in [0.25, 0.3) is 10.0 Å². The number of ether oxygens (including phenoxy) is 1. The zero-order chi connectivity index (χ0) is 20.4. The van der Waals surface area contributed by atoms with Gasteiger partial charge in [0.2, 0.25) is 0 Å². The summed E-state index contributed by atoms with van der Waals surface area (Å²) in [6.07, 6.45) is 0.181. The first-order valence-electron chi connectivity index (χ1n) is 9.87. The summed E-state index contributed by atoms with van der Waals surface area (Å²) in [7, 11) is -3.47. The van der Waals surface area contributed by atoms with E-state index in [9.17, 15) is 13.5 Å². The van der Waals surface area contributed by atoms with Crippen molar-refractivity contribution in [3.05, 3.63) is 41.8 Å². The number of sulfonamides is 1. The Morgan fingerprint density at radius 3 is 2.62 bits per heavy atom. The Labute approximate surface area is 176 Å². The van der Waals surface area contributed by atoms with Crippen molar-refractivity contribution in [2.24, 2.45) is 0 Å². The van der Waals surface area contributed by atoms with E-state index in [-0.39, 0.29) is 17.9 Å². The number of benzene rings is 1. The monoisotopic (exact) mass is 437 g/mol. The van der Waals surface area contributed by atoms with Gasteiger partial charge in [0.05, 0.1) is 18.8 Å². The molecule has 1 aromatic heterocycles. The molecular formula is C20H27N3O4S2. The van der Waals surface area contributed by atoms with Gasteiger partial charge in [0, 0.05) is 45.0 Å². The Morgan fingerprint density at radius 2 is 1.93 bits per heavy atom. The molecule has 7 nitrogen and oxygen atoms in total. The van der Waals surface area contributed by atoms with E-state index < -0.39 is 10.0 Å². The van der Waals surface area contributed by atoms with Crippen LogP contribution in [-0.2, 0) is 14.8 Å². The van der Waals surface area contributed by atoms with Gasteiger partial charge in [-0.1, -0.05) is 6.07 Å². The number of phenolic OH excluding ortho intramolecular Hbond substituents is 1. The second-order valence-electron chi connectivity index (χ2n) is 7.60. The molecule has 1 aromatic carbocycles. The van der Waals surface area contributed by atoms with Gasteiger partial charge in [-0.25, -0.2) is 8.42 Å². The summed E-state index contributed by atoms with van der Waals surface area (Å²) in [6, 6.07) is 10.6. The molecule has 1 N–H and O–H groups in total. The number of thiophene rings is 1. The number of anilines is 1. The standard InChI is InChI=1S/C20H27N3O4S2/c1-16-13-21(10-11-27-16)14-18-15-22(29(25,26)20-3-2-12-28-20)8-9-23(18)17-4-6-19(24)7-5-17/h2-7,12,16,18,24H,8-11,13-15H2,1H3/t16-,18-/m1/s1. The first-order chi connectivity index (χ1) is 13.9. The lowest BCUT2D eigenvalue weighted by molar-refractivity contribution is -0.0210. The number of rotatable bonds is 5. The Hall–Kier alpha value is -1.65. The number of hydrogen-bond donors (Lipinski definition) is 1. The summed E-state index contributed by atoms with van der Waals surface area (Å²) in [4.78, 5) is 4.62. The Morgan fingerprint density at radius 1 is 1.14 bits per heavy atom. The predicted molar refractivity (Wildman–Crippen MR) is 114 cm³/mol. The van der Waals surface area contributed by atoms with Crippen LogP contribution in [0, 0.1) is 0 Å². The van der Waals surface area contributed by atoms with Gasteiger partial charge < -0.3 is 14.7 Å². The van der Waals surface area contributed by atoms with Crippen molar-refractivity contribution < 1.29 is 18.3 Å². The lowest BCUT2D eigenvalue weighted by Gasteiger charge is -2.44. The van der Waals surface area contributed by atoms with Crippen LogP contribution in [-0.4, -0.2) is 80.8 Å². The first-order valence-corrected chi connectivity index (χ1v) is 12.2. The van der Waals surface area contributed by atoms with Crippen LogP contribution in [0.15, 0.2) is 46.0 Å². The summed E-state index contributed by atoms with van der Waals surface area (Å²) in [5.41, 5.74) is 1.00. The quantitative estimate of drug-likeness (QED) is 0.772. The Balaban J connectivity index is 1.57. The molecular weight excluding hydrogens is 410 g/mol. The Bertz CT molecular complexity index is 902. The van der Waals surface area contributed by atoms with E-state index in [1.807, 2.05) is 12.1 Å². The average molecular weight is 438 g/mol. The molecule has 0 amide bonds. The fraction of sp³-hybridized carbons (Fsp3) is 0.500. The lowest BCUT2D eigenvalue weighted by Crippen LogP contribution is -2.59. The molecule has 2 aliphatic rings. The fourth-order valence-corrected chi connectivity index (χ4v) is 6.69. The fourth-order valence-electron chi connectivity index (χ4n) is 4.08. The molecule has 2 aliphatic heterocycles. The van der Waals surface area contributed by atoms with Gasteiger partial charge in [-0.05, 0) is 42.6 Å². The second kappa shape index (κ2) is 8.61. The molecule has 158 valence electrons. The van der Waals surface area contributed by atoms with Crippen LogP contribution in [0.1, 0.15) is 6.92 Å². The van der Waals surface area contributed by atoms with E-state index in [4.69, 9.17) is 4.74 Å². The number of nitrogens with zero attached hydrogens (tertiary/aromatic N) is 3. The van der Waals surface area contributed by atoms with E-state index in [0.29, 0.717) is 30.5 Å². The summed E-state index contributed by atoms with van der Waals surface area (Å²) in [5.74, 6) is 0.228. The molecule has 2 saturated heterocycles. The van der Waals surface area contributed by atoms with Crippen LogP contribution in [0.25, 0.3) is 0 Å². The van der Waals surface area contributed by atoms with Crippen molar-refractivity contribution >= 4 is 27.0 Å². The van der Waals surface area contributed by atoms with Crippen molar-refractivity contribution in [1.82, 2.24) is 9.21 Å². The third-order valence-corrected chi connectivity index (χ3v) is 8.75. The highest BCUT2D eigenvalue weighted by Crippen LogP contribution is 2.28. The largest absolute Gasteiger partial charge is 0.508 e. The van der Waals surface area contributed by atoms with Crippen LogP contribution in [0.3, 0.4) is 0 Å². The molecule has 2 atom stereocenters. The van der Waals surface area contributed by atoms with Crippen LogP contribution in [0.2, 0.25) is 0 Å². The van der Waals surface area contributed by atoms with E-state index in [0.717, 1.165) is 25.3 Å². The van der Waals surface area contributed by atoms with E-state index >= 15 is 0 Å². The minimum Gasteiger partial charge on any atom is -0.508 e. The predicted octanol–water partition coefficient (Wildman–Crippen LogP) is 2.05. The molecule has 2 fully saturated rings. The van der Waals surface area contributed by atoms with Crippen LogP contribution >= 0.6 is 11.3 Å². The van der Waals surface area contributed by atoms with Gasteiger partial charge in [0.1, 0.15) is 9.96 Å². The molecule has 2 aromatic rings. The maximum Gasteiger partial charge on any atom is 0.252 e. The molecule has 3 heterocycles.